The molecule has 2 amide bonds. The summed E-state index contributed by atoms with van der Waals surface area (Å²) in [6.45, 7) is 1.66. The Morgan fingerprint density at radius 3 is 2.77 bits per heavy atom. The molecule has 0 saturated carbocycles. The molecule has 1 saturated heterocycles. The van der Waals surface area contributed by atoms with Gasteiger partial charge >= 0.3 is 0 Å². The molecule has 22 heavy (non-hydrogen) atoms. The number of hydrogen-bond donors (Lipinski definition) is 0. The molecule has 6 heteroatoms. The van der Waals surface area contributed by atoms with E-state index < -0.39 is 0 Å². The summed E-state index contributed by atoms with van der Waals surface area (Å²) in [4.78, 5) is 32.9. The molecule has 2 aliphatic rings. The molecule has 2 aliphatic heterocycles. The number of rotatable bonds is 2. The predicted molar refractivity (Wildman–Crippen MR) is 87.0 cm³/mol. The first kappa shape index (κ1) is 15.3. The van der Waals surface area contributed by atoms with E-state index in [2.05, 4.69) is 4.98 Å². The molecule has 3 heterocycles. The summed E-state index contributed by atoms with van der Waals surface area (Å²) in [7, 11) is 1.76. The average Bonchev–Trinajstić information content (AvgIpc) is 2.81. The molecule has 118 valence electrons. The van der Waals surface area contributed by atoms with Gasteiger partial charge in [-0.3, -0.25) is 9.59 Å². The quantitative estimate of drug-likeness (QED) is 0.839. The molecule has 0 aromatic carbocycles. The van der Waals surface area contributed by atoms with Crippen molar-refractivity contribution in [3.05, 3.63) is 18.3 Å². The summed E-state index contributed by atoms with van der Waals surface area (Å²) in [6.07, 6.45) is 6.53. The summed E-state index contributed by atoms with van der Waals surface area (Å²) in [5, 5.41) is 0.474. The van der Waals surface area contributed by atoms with Gasteiger partial charge in [0.1, 0.15) is 5.03 Å². The first-order valence-electron chi connectivity index (χ1n) is 7.84. The Labute approximate surface area is 135 Å². The zero-order valence-electron chi connectivity index (χ0n) is 12.8. The van der Waals surface area contributed by atoms with Crippen molar-refractivity contribution >= 4 is 29.3 Å². The molecule has 0 aliphatic carbocycles. The molecule has 0 unspecified atom stereocenters. The van der Waals surface area contributed by atoms with Gasteiger partial charge in [-0.2, -0.15) is 0 Å². The highest BCUT2D eigenvalue weighted by Crippen LogP contribution is 2.38. The fraction of sp³-hybridized carbons (Fsp3) is 0.562. The van der Waals surface area contributed by atoms with Crippen molar-refractivity contribution in [3.63, 3.8) is 0 Å². The lowest BCUT2D eigenvalue weighted by atomic mass is 10.2. The number of amides is 2. The van der Waals surface area contributed by atoms with Crippen LogP contribution in [0.1, 0.15) is 32.1 Å². The normalized spacial score (nSPS) is 22.2. The molecule has 1 fully saturated rings. The number of fused-ring (bicyclic) bond motifs is 1. The van der Waals surface area contributed by atoms with E-state index in [1.165, 1.54) is 24.6 Å². The highest BCUT2D eigenvalue weighted by molar-refractivity contribution is 8.00. The highest BCUT2D eigenvalue weighted by atomic mass is 32.2. The van der Waals surface area contributed by atoms with E-state index in [0.29, 0.717) is 0 Å². The van der Waals surface area contributed by atoms with Crippen molar-refractivity contribution in [1.29, 1.82) is 0 Å². The van der Waals surface area contributed by atoms with Crippen LogP contribution in [0.2, 0.25) is 0 Å². The van der Waals surface area contributed by atoms with Crippen molar-refractivity contribution in [2.75, 3.05) is 25.0 Å². The van der Waals surface area contributed by atoms with Gasteiger partial charge in [-0.1, -0.05) is 24.6 Å². The minimum atomic E-state index is -0.358. The van der Waals surface area contributed by atoms with E-state index in [0.717, 1.165) is 36.6 Å². The van der Waals surface area contributed by atoms with Gasteiger partial charge in [0.15, 0.2) is 0 Å². The second-order valence-electron chi connectivity index (χ2n) is 5.83. The lowest BCUT2D eigenvalue weighted by Gasteiger charge is -2.31. The number of carbonyl (C=O) groups excluding carboxylic acids is 2. The zero-order valence-corrected chi connectivity index (χ0v) is 13.6. The first-order chi connectivity index (χ1) is 10.7. The third-order valence-electron chi connectivity index (χ3n) is 4.29. The number of carbonyl (C=O) groups is 2. The van der Waals surface area contributed by atoms with Gasteiger partial charge in [-0.05, 0) is 25.0 Å². The summed E-state index contributed by atoms with van der Waals surface area (Å²) in [6, 6.07) is 3.71. The van der Waals surface area contributed by atoms with Crippen molar-refractivity contribution in [2.45, 2.75) is 42.4 Å². The molecular formula is C16H21N3O2S. The van der Waals surface area contributed by atoms with Crippen molar-refractivity contribution in [1.82, 2.24) is 9.88 Å². The van der Waals surface area contributed by atoms with E-state index in [1.54, 1.807) is 18.1 Å². The van der Waals surface area contributed by atoms with Crippen LogP contribution in [0.3, 0.4) is 0 Å². The molecule has 5 nitrogen and oxygen atoms in total. The fourth-order valence-electron chi connectivity index (χ4n) is 2.99. The number of likely N-dealkylation sites (tertiary alicyclic amines) is 1. The topological polar surface area (TPSA) is 53.5 Å². The number of anilines is 1. The molecule has 1 atom stereocenters. The van der Waals surface area contributed by atoms with E-state index in [4.69, 9.17) is 0 Å². The summed E-state index contributed by atoms with van der Waals surface area (Å²) in [5.41, 5.74) is 0.830. The fourth-order valence-corrected chi connectivity index (χ4v) is 4.19. The first-order valence-corrected chi connectivity index (χ1v) is 8.72. The summed E-state index contributed by atoms with van der Waals surface area (Å²) < 4.78 is 0. The molecule has 3 rings (SSSR count). The Hall–Kier alpha value is -1.56. The van der Waals surface area contributed by atoms with Crippen LogP contribution in [-0.2, 0) is 9.59 Å². The van der Waals surface area contributed by atoms with Gasteiger partial charge < -0.3 is 9.80 Å². The minimum absolute atomic E-state index is 0.00586. The van der Waals surface area contributed by atoms with Crippen LogP contribution in [0.25, 0.3) is 0 Å². The number of pyridine rings is 1. The maximum atomic E-state index is 12.5. The summed E-state index contributed by atoms with van der Waals surface area (Å²) >= 11 is 1.42. The molecule has 1 aromatic rings. The van der Waals surface area contributed by atoms with Crippen LogP contribution < -0.4 is 4.90 Å². The highest BCUT2D eigenvalue weighted by Gasteiger charge is 2.34. The molecule has 0 bridgehead atoms. The van der Waals surface area contributed by atoms with Gasteiger partial charge in [0.05, 0.1) is 10.9 Å². The van der Waals surface area contributed by atoms with Gasteiger partial charge in [0, 0.05) is 32.8 Å². The van der Waals surface area contributed by atoms with Crippen LogP contribution >= 0.6 is 11.8 Å². The Bertz CT molecular complexity index is 570. The van der Waals surface area contributed by atoms with Gasteiger partial charge in [0.2, 0.25) is 11.8 Å². The van der Waals surface area contributed by atoms with Gasteiger partial charge in [-0.25, -0.2) is 4.98 Å². The maximum absolute atomic E-state index is 12.5. The lowest BCUT2D eigenvalue weighted by Crippen LogP contribution is -2.42. The lowest BCUT2D eigenvalue weighted by molar-refractivity contribution is -0.132. The second-order valence-corrected chi connectivity index (χ2v) is 7.02. The maximum Gasteiger partial charge on any atom is 0.240 e. The van der Waals surface area contributed by atoms with Crippen molar-refractivity contribution in [2.24, 2.45) is 0 Å². The van der Waals surface area contributed by atoms with Crippen molar-refractivity contribution in [3.8, 4) is 0 Å². The summed E-state index contributed by atoms with van der Waals surface area (Å²) in [5.74, 6) is 0.0919. The monoisotopic (exact) mass is 319 g/mol. The standard InChI is InChI=1S/C16H21N3O2S/c1-18-12-7-6-8-17-15(12)22-13(16(18)21)11-14(20)19-9-4-2-3-5-10-19/h6-8,13H,2-5,9-11H2,1H3/t13-/m0/s1. The molecule has 0 radical (unpaired) electrons. The zero-order chi connectivity index (χ0) is 15.5. The number of aromatic nitrogens is 1. The Morgan fingerprint density at radius 2 is 2.05 bits per heavy atom. The second kappa shape index (κ2) is 6.69. The number of hydrogen-bond acceptors (Lipinski definition) is 4. The smallest absolute Gasteiger partial charge is 0.240 e. The predicted octanol–water partition coefficient (Wildman–Crippen LogP) is 2.31. The number of thioether (sulfide) groups is 1. The molecular weight excluding hydrogens is 298 g/mol. The van der Waals surface area contributed by atoms with E-state index >= 15 is 0 Å². The third-order valence-corrected chi connectivity index (χ3v) is 5.48. The van der Waals surface area contributed by atoms with E-state index in [-0.39, 0.29) is 23.5 Å². The van der Waals surface area contributed by atoms with Crippen molar-refractivity contribution < 1.29 is 9.59 Å². The Kier molecular flexibility index (Phi) is 4.66. The van der Waals surface area contributed by atoms with Crippen LogP contribution in [0.4, 0.5) is 5.69 Å². The molecule has 0 N–H and O–H groups in total. The number of nitrogens with zero attached hydrogens (tertiary/aromatic N) is 3. The van der Waals surface area contributed by atoms with Gasteiger partial charge in [0.25, 0.3) is 0 Å². The van der Waals surface area contributed by atoms with Crippen LogP contribution in [-0.4, -0.2) is 47.1 Å². The molecule has 0 spiro atoms. The average molecular weight is 319 g/mol. The van der Waals surface area contributed by atoms with Crippen LogP contribution in [0.5, 0.6) is 0 Å². The van der Waals surface area contributed by atoms with E-state index in [1.807, 2.05) is 17.0 Å². The Balaban J connectivity index is 1.70. The minimum Gasteiger partial charge on any atom is -0.343 e. The third kappa shape index (κ3) is 3.11. The van der Waals surface area contributed by atoms with Crippen LogP contribution in [0, 0.1) is 0 Å². The largest absolute Gasteiger partial charge is 0.343 e. The molecule has 1 aromatic heterocycles. The van der Waals surface area contributed by atoms with Gasteiger partial charge in [-0.15, -0.1) is 0 Å². The SMILES string of the molecule is CN1C(=O)[C@H](CC(=O)N2CCCCCC2)Sc2ncccc21. The van der Waals surface area contributed by atoms with Crippen LogP contribution in [0.15, 0.2) is 23.4 Å². The van der Waals surface area contributed by atoms with E-state index in [9.17, 15) is 9.59 Å². The Morgan fingerprint density at radius 1 is 1.32 bits per heavy atom.